The van der Waals surface area contributed by atoms with E-state index in [0.717, 1.165) is 30.8 Å². The van der Waals surface area contributed by atoms with Gasteiger partial charge in [0.05, 0.1) is 5.60 Å². The summed E-state index contributed by atoms with van der Waals surface area (Å²) in [6, 6.07) is 6.19. The molecule has 0 bridgehead atoms. The molecule has 0 aliphatic carbocycles. The molecule has 2 aliphatic rings. The highest BCUT2D eigenvalue weighted by molar-refractivity contribution is 7.99. The largest absolute Gasteiger partial charge is 0.374 e. The Kier molecular flexibility index (Phi) is 4.57. The van der Waals surface area contributed by atoms with Crippen LogP contribution in [-0.4, -0.2) is 29.8 Å². The topological polar surface area (TPSA) is 21.3 Å². The van der Waals surface area contributed by atoms with Gasteiger partial charge in [-0.2, -0.15) is 11.8 Å². The zero-order valence-corrected chi connectivity index (χ0v) is 13.6. The molecule has 3 atom stereocenters. The first kappa shape index (κ1) is 15.3. The molecule has 1 N–H and O–H groups in total. The highest BCUT2D eigenvalue weighted by atomic mass is 32.2. The maximum atomic E-state index is 13.7. The number of rotatable bonds is 3. The molecule has 1 aromatic rings. The molecule has 2 nitrogen and oxygen atoms in total. The lowest BCUT2D eigenvalue weighted by atomic mass is 9.89. The van der Waals surface area contributed by atoms with Crippen LogP contribution in [0.1, 0.15) is 43.4 Å². The summed E-state index contributed by atoms with van der Waals surface area (Å²) in [6.07, 6.45) is 3.30. The van der Waals surface area contributed by atoms with Gasteiger partial charge in [-0.15, -0.1) is 0 Å². The Balaban J connectivity index is 1.63. The number of hydrogen-bond acceptors (Lipinski definition) is 3. The number of thioether (sulfide) groups is 1. The fourth-order valence-corrected chi connectivity index (χ4v) is 4.74. The lowest BCUT2D eigenvalue weighted by Gasteiger charge is -2.39. The van der Waals surface area contributed by atoms with Crippen LogP contribution in [0.5, 0.6) is 0 Å². The highest BCUT2D eigenvalue weighted by Crippen LogP contribution is 2.38. The van der Waals surface area contributed by atoms with Gasteiger partial charge < -0.3 is 10.1 Å². The zero-order chi connectivity index (χ0) is 14.9. The van der Waals surface area contributed by atoms with E-state index >= 15 is 0 Å². The van der Waals surface area contributed by atoms with Crippen LogP contribution in [0.25, 0.3) is 0 Å². The van der Waals surface area contributed by atoms with Gasteiger partial charge >= 0.3 is 0 Å². The Bertz CT molecular complexity index is 502. The molecule has 0 amide bonds. The Hall–Kier alpha value is -0.580. The minimum atomic E-state index is -0.114. The summed E-state index contributed by atoms with van der Waals surface area (Å²) in [5, 5.41) is 3.68. The lowest BCUT2D eigenvalue weighted by molar-refractivity contribution is -0.0711. The van der Waals surface area contributed by atoms with Crippen molar-refractivity contribution in [1.82, 2.24) is 5.32 Å². The van der Waals surface area contributed by atoms with Crippen molar-refractivity contribution in [2.24, 2.45) is 0 Å². The molecule has 4 heteroatoms. The van der Waals surface area contributed by atoms with E-state index in [9.17, 15) is 4.39 Å². The SMILES string of the molecule is Cc1ccc(C(C)NC2CCOC3(CCSC3)C2)cc1F. The van der Waals surface area contributed by atoms with Crippen molar-refractivity contribution in [3.8, 4) is 0 Å². The van der Waals surface area contributed by atoms with Gasteiger partial charge in [0.25, 0.3) is 0 Å². The van der Waals surface area contributed by atoms with Crippen LogP contribution in [0.2, 0.25) is 0 Å². The molecule has 116 valence electrons. The molecule has 1 spiro atoms. The number of aryl methyl sites for hydroxylation is 1. The van der Waals surface area contributed by atoms with Crippen molar-refractivity contribution in [1.29, 1.82) is 0 Å². The average molecular weight is 309 g/mol. The first-order chi connectivity index (χ1) is 10.1. The first-order valence-electron chi connectivity index (χ1n) is 7.82. The van der Waals surface area contributed by atoms with Crippen molar-refractivity contribution in [2.45, 2.75) is 50.8 Å². The van der Waals surface area contributed by atoms with Crippen molar-refractivity contribution in [3.63, 3.8) is 0 Å². The lowest BCUT2D eigenvalue weighted by Crippen LogP contribution is -2.47. The van der Waals surface area contributed by atoms with E-state index in [2.05, 4.69) is 12.2 Å². The maximum Gasteiger partial charge on any atom is 0.126 e. The van der Waals surface area contributed by atoms with E-state index in [0.29, 0.717) is 11.6 Å². The van der Waals surface area contributed by atoms with Crippen LogP contribution in [0.3, 0.4) is 0 Å². The summed E-state index contributed by atoms with van der Waals surface area (Å²) in [6.45, 7) is 4.76. The molecule has 0 radical (unpaired) electrons. The first-order valence-corrected chi connectivity index (χ1v) is 8.97. The molecule has 2 heterocycles. The van der Waals surface area contributed by atoms with E-state index in [1.54, 1.807) is 13.0 Å². The summed E-state index contributed by atoms with van der Waals surface area (Å²) in [4.78, 5) is 0. The predicted octanol–water partition coefficient (Wildman–Crippen LogP) is 3.84. The molecule has 1 aromatic carbocycles. The second kappa shape index (κ2) is 6.27. The second-order valence-corrected chi connectivity index (χ2v) is 7.53. The number of benzene rings is 1. The molecular formula is C17H24FNOS. The summed E-state index contributed by atoms with van der Waals surface area (Å²) >= 11 is 2.00. The van der Waals surface area contributed by atoms with E-state index in [1.807, 2.05) is 23.9 Å². The van der Waals surface area contributed by atoms with Gasteiger partial charge in [0.1, 0.15) is 5.82 Å². The monoisotopic (exact) mass is 309 g/mol. The van der Waals surface area contributed by atoms with Gasteiger partial charge in [-0.3, -0.25) is 0 Å². The number of halogens is 1. The zero-order valence-electron chi connectivity index (χ0n) is 12.8. The third kappa shape index (κ3) is 3.43. The van der Waals surface area contributed by atoms with Crippen LogP contribution < -0.4 is 5.32 Å². The average Bonchev–Trinajstić information content (AvgIpc) is 2.89. The summed E-state index contributed by atoms with van der Waals surface area (Å²) in [5.74, 6) is 2.22. The fraction of sp³-hybridized carbons (Fsp3) is 0.647. The molecule has 0 saturated carbocycles. The maximum absolute atomic E-state index is 13.7. The van der Waals surface area contributed by atoms with E-state index < -0.39 is 0 Å². The highest BCUT2D eigenvalue weighted by Gasteiger charge is 2.40. The Morgan fingerprint density at radius 1 is 1.48 bits per heavy atom. The standard InChI is InChI=1S/C17H24FNOS/c1-12-3-4-14(9-16(12)18)13(2)19-15-5-7-20-17(10-15)6-8-21-11-17/h3-4,9,13,15,19H,5-8,10-11H2,1-2H3. The van der Waals surface area contributed by atoms with Gasteiger partial charge in [-0.25, -0.2) is 4.39 Å². The molecule has 3 unspecified atom stereocenters. The molecule has 2 saturated heterocycles. The van der Waals surface area contributed by atoms with Gasteiger partial charge in [-0.05, 0) is 56.1 Å². The van der Waals surface area contributed by atoms with E-state index in [-0.39, 0.29) is 17.5 Å². The Morgan fingerprint density at radius 2 is 2.33 bits per heavy atom. The third-order valence-electron chi connectivity index (χ3n) is 4.74. The number of nitrogens with one attached hydrogen (secondary N) is 1. The van der Waals surface area contributed by atoms with Crippen molar-refractivity contribution >= 4 is 11.8 Å². The summed E-state index contributed by atoms with van der Waals surface area (Å²) in [5.41, 5.74) is 1.83. The summed E-state index contributed by atoms with van der Waals surface area (Å²) < 4.78 is 19.8. The number of hydrogen-bond donors (Lipinski definition) is 1. The quantitative estimate of drug-likeness (QED) is 0.916. The van der Waals surface area contributed by atoms with Crippen LogP contribution in [0.15, 0.2) is 18.2 Å². The minimum Gasteiger partial charge on any atom is -0.374 e. The third-order valence-corrected chi connectivity index (χ3v) is 5.96. The van der Waals surface area contributed by atoms with Gasteiger partial charge in [0, 0.05) is 24.4 Å². The van der Waals surface area contributed by atoms with E-state index in [4.69, 9.17) is 4.74 Å². The molecule has 21 heavy (non-hydrogen) atoms. The fourth-order valence-electron chi connectivity index (χ4n) is 3.36. The van der Waals surface area contributed by atoms with Crippen molar-refractivity contribution in [3.05, 3.63) is 35.1 Å². The molecule has 3 rings (SSSR count). The second-order valence-electron chi connectivity index (χ2n) is 6.42. The molecule has 0 aromatic heterocycles. The van der Waals surface area contributed by atoms with Crippen molar-refractivity contribution < 1.29 is 9.13 Å². The smallest absolute Gasteiger partial charge is 0.126 e. The van der Waals surface area contributed by atoms with Crippen LogP contribution in [0.4, 0.5) is 4.39 Å². The minimum absolute atomic E-state index is 0.0961. The summed E-state index contributed by atoms with van der Waals surface area (Å²) in [7, 11) is 0. The Labute approximate surface area is 130 Å². The Morgan fingerprint density at radius 3 is 3.05 bits per heavy atom. The number of ether oxygens (including phenoxy) is 1. The van der Waals surface area contributed by atoms with E-state index in [1.165, 1.54) is 12.2 Å². The normalized spacial score (nSPS) is 30.7. The van der Waals surface area contributed by atoms with Gasteiger partial charge in [-0.1, -0.05) is 12.1 Å². The molecule has 2 fully saturated rings. The predicted molar refractivity (Wildman–Crippen MR) is 86.3 cm³/mol. The van der Waals surface area contributed by atoms with Crippen LogP contribution in [0, 0.1) is 12.7 Å². The van der Waals surface area contributed by atoms with Gasteiger partial charge in [0.2, 0.25) is 0 Å². The van der Waals surface area contributed by atoms with Gasteiger partial charge in [0.15, 0.2) is 0 Å². The van der Waals surface area contributed by atoms with Crippen molar-refractivity contribution in [2.75, 3.05) is 18.1 Å². The van der Waals surface area contributed by atoms with Crippen LogP contribution >= 0.6 is 11.8 Å². The molecular weight excluding hydrogens is 285 g/mol. The van der Waals surface area contributed by atoms with Crippen LogP contribution in [-0.2, 0) is 4.74 Å². The molecule has 2 aliphatic heterocycles.